The highest BCUT2D eigenvalue weighted by molar-refractivity contribution is 9.09. The maximum absolute atomic E-state index is 14.6. The Morgan fingerprint density at radius 1 is 1.20 bits per heavy atom. The second kappa shape index (κ2) is 12.8. The third-order valence-corrected chi connectivity index (χ3v) is 11.8. The number of carbonyl (C=O) groups is 3. The summed E-state index contributed by atoms with van der Waals surface area (Å²) in [6, 6.07) is 8.24. The van der Waals surface area contributed by atoms with Crippen LogP contribution in [-0.4, -0.2) is 96.7 Å². The van der Waals surface area contributed by atoms with Crippen molar-refractivity contribution in [3.05, 3.63) is 61.2 Å². The molecule has 1 aromatic rings. The van der Waals surface area contributed by atoms with Gasteiger partial charge in [0.05, 0.1) is 29.2 Å². The maximum Gasteiger partial charge on any atom is 0.247 e. The average Bonchev–Trinajstić information content (AvgIpc) is 3.53. The minimum Gasteiger partial charge on any atom is -0.394 e. The molecule has 3 saturated heterocycles. The Morgan fingerprint density at radius 2 is 1.88 bits per heavy atom. The van der Waals surface area contributed by atoms with Gasteiger partial charge in [-0.05, 0) is 38.7 Å². The van der Waals surface area contributed by atoms with E-state index in [2.05, 4.69) is 29.1 Å². The molecule has 40 heavy (non-hydrogen) atoms. The molecule has 1 N–H and O–H groups in total. The largest absolute Gasteiger partial charge is 0.394 e. The SMILES string of the molecule is C=CCN(CCC)C(=O)[C@H]1[C@H]2C(=O)N([C@@H](CO)Cc3ccccc3)C(C(=O)N(CC=C)C(C)C)C23CC(Br)[C@@H]1S3. The van der Waals surface area contributed by atoms with Crippen molar-refractivity contribution in [3.8, 4) is 0 Å². The predicted octanol–water partition coefficient (Wildman–Crippen LogP) is 3.90. The normalized spacial score (nSPS) is 29.4. The number of fused-ring (bicyclic) bond motifs is 1. The van der Waals surface area contributed by atoms with Gasteiger partial charge in [-0.1, -0.05) is 65.3 Å². The third-order valence-electron chi connectivity index (χ3n) is 8.55. The van der Waals surface area contributed by atoms with Gasteiger partial charge in [0.25, 0.3) is 0 Å². The molecule has 0 aliphatic carbocycles. The molecule has 7 nitrogen and oxygen atoms in total. The van der Waals surface area contributed by atoms with E-state index in [1.165, 1.54) is 0 Å². The zero-order valence-electron chi connectivity index (χ0n) is 23.7. The van der Waals surface area contributed by atoms with Gasteiger partial charge in [0.2, 0.25) is 17.7 Å². The van der Waals surface area contributed by atoms with Gasteiger partial charge in [-0.25, -0.2) is 0 Å². The van der Waals surface area contributed by atoms with Crippen LogP contribution in [0.2, 0.25) is 0 Å². The van der Waals surface area contributed by atoms with E-state index in [-0.39, 0.29) is 40.4 Å². The number of hydrogen-bond acceptors (Lipinski definition) is 5. The first kappa shape index (κ1) is 30.8. The summed E-state index contributed by atoms with van der Waals surface area (Å²) in [6.45, 7) is 14.7. The van der Waals surface area contributed by atoms with Gasteiger partial charge in [0.1, 0.15) is 6.04 Å². The lowest BCUT2D eigenvalue weighted by molar-refractivity contribution is -0.147. The van der Waals surface area contributed by atoms with E-state index < -0.39 is 28.7 Å². The molecular weight excluding hydrogens is 590 g/mol. The smallest absolute Gasteiger partial charge is 0.247 e. The van der Waals surface area contributed by atoms with Crippen LogP contribution in [0.15, 0.2) is 55.6 Å². The van der Waals surface area contributed by atoms with E-state index in [0.717, 1.165) is 12.0 Å². The fourth-order valence-electron chi connectivity index (χ4n) is 6.94. The number of alkyl halides is 1. The third kappa shape index (κ3) is 5.29. The number of rotatable bonds is 13. The van der Waals surface area contributed by atoms with Gasteiger partial charge in [-0.2, -0.15) is 0 Å². The average molecular weight is 633 g/mol. The topological polar surface area (TPSA) is 81.2 Å². The lowest BCUT2D eigenvalue weighted by Crippen LogP contribution is -2.59. The Labute approximate surface area is 251 Å². The highest BCUT2D eigenvalue weighted by atomic mass is 79.9. The number of carbonyl (C=O) groups excluding carboxylic acids is 3. The number of likely N-dealkylation sites (tertiary alicyclic amines) is 1. The molecule has 0 aromatic heterocycles. The fraction of sp³-hybridized carbons (Fsp3) is 0.581. The molecule has 3 fully saturated rings. The number of amides is 3. The van der Waals surface area contributed by atoms with Gasteiger partial charge in [0.15, 0.2) is 0 Å². The molecule has 0 saturated carbocycles. The van der Waals surface area contributed by atoms with Crippen LogP contribution in [0.1, 0.15) is 39.2 Å². The van der Waals surface area contributed by atoms with E-state index in [1.54, 1.807) is 38.6 Å². The van der Waals surface area contributed by atoms with Crippen LogP contribution in [0.25, 0.3) is 0 Å². The molecule has 3 aliphatic rings. The van der Waals surface area contributed by atoms with Crippen molar-refractivity contribution in [3.63, 3.8) is 0 Å². The fourth-order valence-corrected chi connectivity index (χ4v) is 10.5. The van der Waals surface area contributed by atoms with Gasteiger partial charge < -0.3 is 19.8 Å². The summed E-state index contributed by atoms with van der Waals surface area (Å²) in [7, 11) is 0. The van der Waals surface area contributed by atoms with Crippen molar-refractivity contribution in [2.24, 2.45) is 11.8 Å². The lowest BCUT2D eigenvalue weighted by atomic mass is 9.70. The zero-order valence-corrected chi connectivity index (χ0v) is 26.1. The first-order chi connectivity index (χ1) is 19.2. The number of hydrogen-bond donors (Lipinski definition) is 1. The summed E-state index contributed by atoms with van der Waals surface area (Å²) in [5.74, 6) is -1.57. The summed E-state index contributed by atoms with van der Waals surface area (Å²) in [6.07, 6.45) is 5.25. The molecule has 3 heterocycles. The monoisotopic (exact) mass is 631 g/mol. The quantitative estimate of drug-likeness (QED) is 0.264. The molecule has 2 bridgehead atoms. The van der Waals surface area contributed by atoms with Crippen molar-refractivity contribution in [1.29, 1.82) is 0 Å². The maximum atomic E-state index is 14.6. The van der Waals surface area contributed by atoms with Crippen LogP contribution < -0.4 is 0 Å². The second-order valence-electron chi connectivity index (χ2n) is 11.4. The molecule has 3 aliphatic heterocycles. The molecule has 9 heteroatoms. The highest BCUT2D eigenvalue weighted by Crippen LogP contribution is 2.68. The van der Waals surface area contributed by atoms with E-state index in [4.69, 9.17) is 0 Å². The first-order valence-corrected chi connectivity index (χ1v) is 16.1. The predicted molar refractivity (Wildman–Crippen MR) is 164 cm³/mol. The molecule has 218 valence electrons. The molecule has 7 atom stereocenters. The van der Waals surface area contributed by atoms with Crippen LogP contribution >= 0.6 is 27.7 Å². The van der Waals surface area contributed by atoms with E-state index in [9.17, 15) is 19.5 Å². The van der Waals surface area contributed by atoms with Crippen molar-refractivity contribution < 1.29 is 19.5 Å². The van der Waals surface area contributed by atoms with Crippen LogP contribution in [-0.2, 0) is 20.8 Å². The first-order valence-electron chi connectivity index (χ1n) is 14.3. The van der Waals surface area contributed by atoms with Crippen LogP contribution in [0, 0.1) is 11.8 Å². The summed E-state index contributed by atoms with van der Waals surface area (Å²) in [5, 5.41) is 10.6. The Bertz CT molecular complexity index is 1120. The van der Waals surface area contributed by atoms with Gasteiger partial charge in [-0.15, -0.1) is 24.9 Å². The highest BCUT2D eigenvalue weighted by Gasteiger charge is 2.76. The van der Waals surface area contributed by atoms with Crippen molar-refractivity contribution in [2.45, 2.75) is 73.0 Å². The second-order valence-corrected chi connectivity index (χ2v) is 14.1. The molecule has 3 unspecified atom stereocenters. The number of aliphatic hydroxyl groups excluding tert-OH is 1. The van der Waals surface area contributed by atoms with Crippen molar-refractivity contribution in [2.75, 3.05) is 26.2 Å². The Balaban J connectivity index is 1.82. The van der Waals surface area contributed by atoms with E-state index in [0.29, 0.717) is 32.5 Å². The number of thioether (sulfide) groups is 1. The summed E-state index contributed by atoms with van der Waals surface area (Å²) in [4.78, 5) is 48.4. The number of nitrogens with zero attached hydrogens (tertiary/aromatic N) is 3. The summed E-state index contributed by atoms with van der Waals surface area (Å²) in [5.41, 5.74) is 0.977. The molecule has 4 rings (SSSR count). The minimum atomic E-state index is -0.792. The van der Waals surface area contributed by atoms with Gasteiger partial charge in [0, 0.05) is 35.8 Å². The van der Waals surface area contributed by atoms with Gasteiger partial charge in [-0.3, -0.25) is 14.4 Å². The zero-order chi connectivity index (χ0) is 29.2. The summed E-state index contributed by atoms with van der Waals surface area (Å²) < 4.78 is -0.766. The van der Waals surface area contributed by atoms with Crippen LogP contribution in [0.5, 0.6) is 0 Å². The minimum absolute atomic E-state index is 0.00781. The molecule has 0 radical (unpaired) electrons. The number of benzene rings is 1. The molecule has 1 aromatic carbocycles. The van der Waals surface area contributed by atoms with Crippen molar-refractivity contribution in [1.82, 2.24) is 14.7 Å². The van der Waals surface area contributed by atoms with E-state index in [1.807, 2.05) is 51.1 Å². The number of halogens is 1. The standard InChI is InChI=1S/C31H42BrN3O4S/c1-6-14-33(15-7-2)28(37)24-25-29(38)35(22(19-36)17-21-12-10-9-11-13-21)27(30(39)34(16-8-3)20(4)5)31(25)18-23(32)26(24)40-31/h6,8-13,20,22-27,36H,1,3,7,14-19H2,2,4-5H3/t22-,23?,24+,25+,26+,27?,31?/m1/s1. The summed E-state index contributed by atoms with van der Waals surface area (Å²) >= 11 is 5.49. The Kier molecular flexibility index (Phi) is 9.89. The molecule has 3 amide bonds. The van der Waals surface area contributed by atoms with E-state index >= 15 is 0 Å². The van der Waals surface area contributed by atoms with Crippen molar-refractivity contribution >= 4 is 45.4 Å². The Morgan fingerprint density at radius 3 is 2.45 bits per heavy atom. The van der Waals surface area contributed by atoms with Crippen LogP contribution in [0.4, 0.5) is 0 Å². The number of aliphatic hydroxyl groups is 1. The van der Waals surface area contributed by atoms with Gasteiger partial charge >= 0.3 is 0 Å². The lowest BCUT2D eigenvalue weighted by Gasteiger charge is -2.41. The van der Waals surface area contributed by atoms with Crippen LogP contribution in [0.3, 0.4) is 0 Å². The molecule has 1 spiro atoms. The Hall–Kier alpha value is -2.10. The molecular formula is C31H42BrN3O4S.